The lowest BCUT2D eigenvalue weighted by molar-refractivity contribution is 0.0696. The number of carboxylic acid groups (broad SMARTS) is 1. The van der Waals surface area contributed by atoms with Crippen LogP contribution < -0.4 is 4.72 Å². The molecular formula is C11H13ClFNO4S2. The number of hydrogen-bond acceptors (Lipinski definition) is 4. The molecule has 1 aromatic rings. The van der Waals surface area contributed by atoms with Gasteiger partial charge in [0.05, 0.1) is 15.5 Å². The summed E-state index contributed by atoms with van der Waals surface area (Å²) in [6.45, 7) is 1.65. The molecule has 0 aliphatic rings. The number of sulfonamides is 1. The molecule has 1 aromatic carbocycles. The van der Waals surface area contributed by atoms with E-state index in [-0.39, 0.29) is 6.04 Å². The molecular weight excluding hydrogens is 329 g/mol. The molecule has 112 valence electrons. The van der Waals surface area contributed by atoms with E-state index in [2.05, 4.69) is 4.72 Å². The van der Waals surface area contributed by atoms with Gasteiger partial charge < -0.3 is 5.11 Å². The van der Waals surface area contributed by atoms with Crippen LogP contribution in [0.3, 0.4) is 0 Å². The smallest absolute Gasteiger partial charge is 0.337 e. The number of aromatic carboxylic acids is 1. The minimum Gasteiger partial charge on any atom is -0.478 e. The first kappa shape index (κ1) is 17.2. The first-order chi connectivity index (χ1) is 9.19. The van der Waals surface area contributed by atoms with Crippen molar-refractivity contribution >= 4 is 39.4 Å². The highest BCUT2D eigenvalue weighted by Gasteiger charge is 2.23. The van der Waals surface area contributed by atoms with Crippen LogP contribution in [0.15, 0.2) is 17.0 Å². The van der Waals surface area contributed by atoms with Gasteiger partial charge in [0.25, 0.3) is 0 Å². The van der Waals surface area contributed by atoms with Crippen LogP contribution in [-0.4, -0.2) is 37.5 Å². The molecule has 1 unspecified atom stereocenters. The lowest BCUT2D eigenvalue weighted by Crippen LogP contribution is -2.34. The summed E-state index contributed by atoms with van der Waals surface area (Å²) in [5, 5.41) is 8.26. The fourth-order valence-electron chi connectivity index (χ4n) is 1.49. The van der Waals surface area contributed by atoms with Crippen molar-refractivity contribution in [2.75, 3.05) is 12.0 Å². The Bertz CT molecular complexity index is 621. The molecule has 0 aliphatic heterocycles. The van der Waals surface area contributed by atoms with Gasteiger partial charge >= 0.3 is 5.97 Å². The molecule has 0 aliphatic carbocycles. The van der Waals surface area contributed by atoms with Crippen molar-refractivity contribution in [3.63, 3.8) is 0 Å². The summed E-state index contributed by atoms with van der Waals surface area (Å²) in [7, 11) is -4.00. The fourth-order valence-corrected chi connectivity index (χ4v) is 3.65. The Balaban J connectivity index is 3.22. The number of hydrogen-bond donors (Lipinski definition) is 2. The van der Waals surface area contributed by atoms with E-state index in [9.17, 15) is 17.6 Å². The number of thioether (sulfide) groups is 1. The SMILES string of the molecule is CSCC(C)NS(=O)(=O)c1cc(F)c(Cl)c(C(=O)O)c1. The lowest BCUT2D eigenvalue weighted by atomic mass is 10.2. The van der Waals surface area contributed by atoms with Gasteiger partial charge in [-0.15, -0.1) is 0 Å². The Morgan fingerprint density at radius 1 is 1.55 bits per heavy atom. The van der Waals surface area contributed by atoms with Crippen LogP contribution in [0.1, 0.15) is 17.3 Å². The largest absolute Gasteiger partial charge is 0.478 e. The van der Waals surface area contributed by atoms with Crippen LogP contribution in [0.5, 0.6) is 0 Å². The van der Waals surface area contributed by atoms with E-state index in [0.29, 0.717) is 11.8 Å². The minimum absolute atomic E-state index is 0.373. The van der Waals surface area contributed by atoms with Crippen molar-refractivity contribution in [3.05, 3.63) is 28.5 Å². The second-order valence-electron chi connectivity index (χ2n) is 4.05. The summed E-state index contributed by atoms with van der Waals surface area (Å²) in [4.78, 5) is 10.4. The zero-order chi connectivity index (χ0) is 15.5. The second-order valence-corrected chi connectivity index (χ2v) is 7.05. The number of nitrogens with one attached hydrogen (secondary N) is 1. The Morgan fingerprint density at radius 2 is 2.15 bits per heavy atom. The molecule has 0 aromatic heterocycles. The molecule has 0 saturated heterocycles. The van der Waals surface area contributed by atoms with Crippen LogP contribution in [0, 0.1) is 5.82 Å². The van der Waals surface area contributed by atoms with Crippen molar-refractivity contribution in [2.24, 2.45) is 0 Å². The number of halogens is 2. The number of carbonyl (C=O) groups is 1. The average molecular weight is 342 g/mol. The first-order valence-corrected chi connectivity index (χ1v) is 8.68. The third-order valence-electron chi connectivity index (χ3n) is 2.32. The molecule has 0 heterocycles. The van der Waals surface area contributed by atoms with E-state index in [1.54, 1.807) is 6.92 Å². The third kappa shape index (κ3) is 4.08. The number of benzene rings is 1. The van der Waals surface area contributed by atoms with Gasteiger partial charge in [-0.05, 0) is 25.3 Å². The number of carboxylic acids is 1. The molecule has 0 bridgehead atoms. The summed E-state index contributed by atoms with van der Waals surface area (Å²) >= 11 is 6.93. The van der Waals surface area contributed by atoms with Crippen LogP contribution in [0.25, 0.3) is 0 Å². The Labute approximate surface area is 125 Å². The molecule has 1 rings (SSSR count). The topological polar surface area (TPSA) is 83.5 Å². The monoisotopic (exact) mass is 341 g/mol. The van der Waals surface area contributed by atoms with E-state index in [1.807, 2.05) is 6.26 Å². The van der Waals surface area contributed by atoms with Crippen LogP contribution >= 0.6 is 23.4 Å². The molecule has 2 N–H and O–H groups in total. The minimum atomic E-state index is -4.00. The molecule has 0 spiro atoms. The Kier molecular flexibility index (Phi) is 5.81. The molecule has 9 heteroatoms. The maximum atomic E-state index is 13.5. The van der Waals surface area contributed by atoms with E-state index < -0.39 is 37.3 Å². The van der Waals surface area contributed by atoms with E-state index in [4.69, 9.17) is 16.7 Å². The van der Waals surface area contributed by atoms with Gasteiger partial charge in [-0.2, -0.15) is 11.8 Å². The molecule has 20 heavy (non-hydrogen) atoms. The Morgan fingerprint density at radius 3 is 2.65 bits per heavy atom. The highest BCUT2D eigenvalue weighted by Crippen LogP contribution is 2.24. The predicted octanol–water partition coefficient (Wildman–Crippen LogP) is 2.21. The number of rotatable bonds is 6. The van der Waals surface area contributed by atoms with Gasteiger partial charge in [0.1, 0.15) is 5.82 Å². The molecule has 0 fully saturated rings. The van der Waals surface area contributed by atoms with Crippen LogP contribution in [0.4, 0.5) is 4.39 Å². The zero-order valence-electron chi connectivity index (χ0n) is 10.7. The first-order valence-electron chi connectivity index (χ1n) is 5.42. The van der Waals surface area contributed by atoms with Gasteiger partial charge in [-0.1, -0.05) is 11.6 Å². The predicted molar refractivity (Wildman–Crippen MR) is 76.5 cm³/mol. The van der Waals surface area contributed by atoms with Gasteiger partial charge in [-0.25, -0.2) is 22.3 Å². The summed E-state index contributed by atoms with van der Waals surface area (Å²) < 4.78 is 39.9. The second kappa shape index (κ2) is 6.75. The molecule has 0 amide bonds. The van der Waals surface area contributed by atoms with Gasteiger partial charge in [0, 0.05) is 11.8 Å². The van der Waals surface area contributed by atoms with Crippen molar-refractivity contribution in [2.45, 2.75) is 17.9 Å². The normalized spacial score (nSPS) is 13.2. The van der Waals surface area contributed by atoms with Crippen molar-refractivity contribution in [3.8, 4) is 0 Å². The van der Waals surface area contributed by atoms with Crippen molar-refractivity contribution in [1.29, 1.82) is 0 Å². The molecule has 5 nitrogen and oxygen atoms in total. The van der Waals surface area contributed by atoms with Crippen LogP contribution in [0.2, 0.25) is 5.02 Å². The standard InChI is InChI=1S/C11H13ClFNO4S2/c1-6(5-19-2)14-20(17,18)7-3-8(11(15)16)10(12)9(13)4-7/h3-4,6,14H,5H2,1-2H3,(H,15,16). The van der Waals surface area contributed by atoms with Crippen LogP contribution in [-0.2, 0) is 10.0 Å². The lowest BCUT2D eigenvalue weighted by Gasteiger charge is -2.13. The van der Waals surface area contributed by atoms with Crippen molar-refractivity contribution < 1.29 is 22.7 Å². The van der Waals surface area contributed by atoms with Crippen molar-refractivity contribution in [1.82, 2.24) is 4.72 Å². The zero-order valence-corrected chi connectivity index (χ0v) is 13.1. The van der Waals surface area contributed by atoms with E-state index >= 15 is 0 Å². The highest BCUT2D eigenvalue weighted by molar-refractivity contribution is 7.98. The quantitative estimate of drug-likeness (QED) is 0.828. The van der Waals surface area contributed by atoms with E-state index in [1.165, 1.54) is 11.8 Å². The van der Waals surface area contributed by atoms with Gasteiger partial charge in [-0.3, -0.25) is 0 Å². The maximum Gasteiger partial charge on any atom is 0.337 e. The van der Waals surface area contributed by atoms with Gasteiger partial charge in [0.2, 0.25) is 10.0 Å². The summed E-state index contributed by atoms with van der Waals surface area (Å²) in [6, 6.07) is 1.16. The molecule has 0 radical (unpaired) electrons. The third-order valence-corrected chi connectivity index (χ3v) is 5.10. The summed E-state index contributed by atoms with van der Waals surface area (Å²) in [5.41, 5.74) is -0.593. The fraction of sp³-hybridized carbons (Fsp3) is 0.364. The van der Waals surface area contributed by atoms with E-state index in [0.717, 1.165) is 6.07 Å². The summed E-state index contributed by atoms with van der Waals surface area (Å²) in [6.07, 6.45) is 1.81. The average Bonchev–Trinajstić information content (AvgIpc) is 2.31. The summed E-state index contributed by atoms with van der Waals surface area (Å²) in [5.74, 6) is -2.06. The molecule has 0 saturated carbocycles. The maximum absolute atomic E-state index is 13.5. The highest BCUT2D eigenvalue weighted by atomic mass is 35.5. The van der Waals surface area contributed by atoms with Gasteiger partial charge in [0.15, 0.2) is 0 Å². The molecule has 1 atom stereocenters. The Hall–Kier alpha value is -0.830.